The third-order valence-electron chi connectivity index (χ3n) is 4.36. The van der Waals surface area contributed by atoms with E-state index in [1.807, 2.05) is 36.4 Å². The summed E-state index contributed by atoms with van der Waals surface area (Å²) in [5, 5.41) is 0.651. The first-order valence-electron chi connectivity index (χ1n) is 8.60. The topological polar surface area (TPSA) is 74.6 Å². The van der Waals surface area contributed by atoms with E-state index in [1.54, 1.807) is 22.8 Å². The van der Waals surface area contributed by atoms with E-state index >= 15 is 0 Å². The number of nitrogens with zero attached hydrogens (tertiary/aromatic N) is 1. The third-order valence-corrected chi connectivity index (χ3v) is 4.36. The number of fused-ring (bicyclic) bond motifs is 1. The van der Waals surface area contributed by atoms with E-state index in [4.69, 9.17) is 4.74 Å². The van der Waals surface area contributed by atoms with Gasteiger partial charge in [0.15, 0.2) is 0 Å². The van der Waals surface area contributed by atoms with Crippen molar-refractivity contribution in [3.8, 4) is 0 Å². The number of hydrogen-bond donors (Lipinski definition) is 0. The molecule has 142 valence electrons. The molecule has 2 aromatic carbocycles. The van der Waals surface area contributed by atoms with Crippen molar-refractivity contribution in [2.24, 2.45) is 0 Å². The molecule has 0 radical (unpaired) electrons. The molecule has 0 aliphatic carbocycles. The summed E-state index contributed by atoms with van der Waals surface area (Å²) in [6.07, 6.45) is 1.04. The smallest absolute Gasteiger partial charge is 0.338 e. The zero-order valence-corrected chi connectivity index (χ0v) is 15.5. The van der Waals surface area contributed by atoms with E-state index in [9.17, 15) is 14.4 Å². The van der Waals surface area contributed by atoms with Crippen LogP contribution in [0.4, 0.5) is 0 Å². The van der Waals surface area contributed by atoms with Crippen molar-refractivity contribution in [3.05, 3.63) is 88.2 Å². The Morgan fingerprint density at radius 2 is 1.64 bits per heavy atom. The van der Waals surface area contributed by atoms with Crippen LogP contribution in [0.15, 0.2) is 71.5 Å². The number of ether oxygens (including phenoxy) is 2. The van der Waals surface area contributed by atoms with E-state index in [1.165, 1.54) is 20.3 Å². The highest BCUT2D eigenvalue weighted by atomic mass is 16.5. The number of methoxy groups -OCH3 is 2. The summed E-state index contributed by atoms with van der Waals surface area (Å²) < 4.78 is 11.1. The molecule has 0 saturated carbocycles. The molecule has 3 aromatic rings. The molecule has 0 bridgehead atoms. The highest BCUT2D eigenvalue weighted by Gasteiger charge is 2.20. The number of aromatic nitrogens is 1. The fraction of sp³-hybridized carbons (Fsp3) is 0.136. The number of carbonyl (C=O) groups excluding carboxylic acids is 2. The Bertz CT molecular complexity index is 1110. The normalized spacial score (nSPS) is 11.3. The molecule has 0 unspecified atom stereocenters. The fourth-order valence-corrected chi connectivity index (χ4v) is 3.02. The maximum absolute atomic E-state index is 12.9. The molecule has 3 rings (SSSR count). The lowest BCUT2D eigenvalue weighted by atomic mass is 10.00. The number of benzene rings is 2. The van der Waals surface area contributed by atoms with Crippen LogP contribution in [0.2, 0.25) is 0 Å². The van der Waals surface area contributed by atoms with Crippen molar-refractivity contribution in [2.75, 3.05) is 14.2 Å². The van der Waals surface area contributed by atoms with Crippen molar-refractivity contribution in [2.45, 2.75) is 6.54 Å². The Balaban J connectivity index is 2.24. The summed E-state index contributed by atoms with van der Waals surface area (Å²) in [6, 6.07) is 18.2. The minimum Gasteiger partial charge on any atom is -0.466 e. The number of carbonyl (C=O) groups is 2. The van der Waals surface area contributed by atoms with Gasteiger partial charge < -0.3 is 14.0 Å². The van der Waals surface area contributed by atoms with Crippen LogP contribution in [0, 0.1) is 0 Å². The largest absolute Gasteiger partial charge is 0.466 e. The molecule has 1 aromatic heterocycles. The van der Waals surface area contributed by atoms with E-state index in [-0.39, 0.29) is 11.1 Å². The second-order valence-electron chi connectivity index (χ2n) is 6.06. The quantitative estimate of drug-likeness (QED) is 0.505. The SMILES string of the molecule is COC(=O)C=C(C(=O)OC)c1cc(=O)n(Cc2ccccc2)c2ccccc12. The zero-order valence-electron chi connectivity index (χ0n) is 15.5. The number of esters is 2. The Morgan fingerprint density at radius 3 is 2.32 bits per heavy atom. The molecular weight excluding hydrogens is 358 g/mol. The number of para-hydroxylation sites is 1. The average Bonchev–Trinajstić information content (AvgIpc) is 2.74. The van der Waals surface area contributed by atoms with Gasteiger partial charge in [0.2, 0.25) is 0 Å². The molecule has 1 heterocycles. The molecule has 0 saturated heterocycles. The van der Waals surface area contributed by atoms with Gasteiger partial charge in [-0.05, 0) is 11.6 Å². The maximum atomic E-state index is 12.9. The van der Waals surface area contributed by atoms with Crippen LogP contribution < -0.4 is 5.56 Å². The van der Waals surface area contributed by atoms with Gasteiger partial charge in [-0.15, -0.1) is 0 Å². The van der Waals surface area contributed by atoms with Gasteiger partial charge >= 0.3 is 11.9 Å². The van der Waals surface area contributed by atoms with Crippen LogP contribution >= 0.6 is 0 Å². The van der Waals surface area contributed by atoms with E-state index < -0.39 is 11.9 Å². The molecule has 0 fully saturated rings. The van der Waals surface area contributed by atoms with Crippen LogP contribution in [0.1, 0.15) is 11.1 Å². The highest BCUT2D eigenvalue weighted by molar-refractivity contribution is 6.23. The second-order valence-corrected chi connectivity index (χ2v) is 6.06. The van der Waals surface area contributed by atoms with Gasteiger partial charge in [-0.3, -0.25) is 4.79 Å². The summed E-state index contributed by atoms with van der Waals surface area (Å²) in [6.45, 7) is 0.384. The van der Waals surface area contributed by atoms with Gasteiger partial charge in [0.25, 0.3) is 5.56 Å². The predicted octanol–water partition coefficient (Wildman–Crippen LogP) is 2.78. The van der Waals surface area contributed by atoms with Crippen molar-refractivity contribution < 1.29 is 19.1 Å². The monoisotopic (exact) mass is 377 g/mol. The second kappa shape index (κ2) is 8.35. The Kier molecular flexibility index (Phi) is 5.69. The molecule has 6 nitrogen and oxygen atoms in total. The molecule has 0 amide bonds. The molecule has 0 aliphatic heterocycles. The van der Waals surface area contributed by atoms with Crippen LogP contribution in [0.3, 0.4) is 0 Å². The number of rotatable bonds is 5. The van der Waals surface area contributed by atoms with Gasteiger partial charge in [0.05, 0.1) is 31.9 Å². The first-order valence-corrected chi connectivity index (χ1v) is 8.60. The van der Waals surface area contributed by atoms with Gasteiger partial charge in [-0.1, -0.05) is 48.5 Å². The number of pyridine rings is 1. The van der Waals surface area contributed by atoms with Gasteiger partial charge in [0.1, 0.15) is 0 Å². The van der Waals surface area contributed by atoms with Crippen molar-refractivity contribution in [1.82, 2.24) is 4.57 Å². The van der Waals surface area contributed by atoms with Crippen LogP contribution in [-0.4, -0.2) is 30.7 Å². The Labute approximate surface area is 161 Å². The van der Waals surface area contributed by atoms with Gasteiger partial charge in [-0.25, -0.2) is 9.59 Å². The predicted molar refractivity (Wildman–Crippen MR) is 106 cm³/mol. The molecule has 0 aliphatic rings. The molecular formula is C22H19NO5. The third kappa shape index (κ3) is 3.86. The molecule has 0 atom stereocenters. The standard InChI is InChI=1S/C22H19NO5/c1-27-21(25)13-18(22(26)28-2)17-12-20(24)23(14-15-8-4-3-5-9-15)19-11-7-6-10-16(17)19/h3-13H,14H2,1-2H3. The summed E-state index contributed by atoms with van der Waals surface area (Å²) >= 11 is 0. The van der Waals surface area contributed by atoms with Gasteiger partial charge in [0, 0.05) is 23.1 Å². The molecule has 0 N–H and O–H groups in total. The molecule has 0 spiro atoms. The molecule has 6 heteroatoms. The van der Waals surface area contributed by atoms with E-state index in [0.29, 0.717) is 23.0 Å². The maximum Gasteiger partial charge on any atom is 0.338 e. The summed E-state index contributed by atoms with van der Waals surface area (Å²) in [5.74, 6) is -1.44. The van der Waals surface area contributed by atoms with Crippen molar-refractivity contribution in [1.29, 1.82) is 0 Å². The zero-order chi connectivity index (χ0) is 20.1. The first kappa shape index (κ1) is 19.1. The van der Waals surface area contributed by atoms with Crippen molar-refractivity contribution >= 4 is 28.4 Å². The minimum absolute atomic E-state index is 0.0329. The average molecular weight is 377 g/mol. The highest BCUT2D eigenvalue weighted by Crippen LogP contribution is 2.25. The van der Waals surface area contributed by atoms with Crippen LogP contribution in [-0.2, 0) is 25.6 Å². The lowest BCUT2D eigenvalue weighted by molar-refractivity contribution is -0.136. The lowest BCUT2D eigenvalue weighted by Crippen LogP contribution is -2.22. The lowest BCUT2D eigenvalue weighted by Gasteiger charge is -2.15. The molecule has 28 heavy (non-hydrogen) atoms. The number of hydrogen-bond acceptors (Lipinski definition) is 5. The Hall–Kier alpha value is -3.67. The van der Waals surface area contributed by atoms with Gasteiger partial charge in [-0.2, -0.15) is 0 Å². The Morgan fingerprint density at radius 1 is 0.964 bits per heavy atom. The van der Waals surface area contributed by atoms with E-state index in [0.717, 1.165) is 11.6 Å². The van der Waals surface area contributed by atoms with Crippen LogP contribution in [0.25, 0.3) is 16.5 Å². The summed E-state index contributed by atoms with van der Waals surface area (Å²) in [7, 11) is 2.43. The summed E-state index contributed by atoms with van der Waals surface area (Å²) in [5.41, 5.74) is 1.61. The first-order chi connectivity index (χ1) is 13.5. The van der Waals surface area contributed by atoms with E-state index in [2.05, 4.69) is 4.74 Å². The van der Waals surface area contributed by atoms with Crippen LogP contribution in [0.5, 0.6) is 0 Å². The minimum atomic E-state index is -0.726. The fourth-order valence-electron chi connectivity index (χ4n) is 3.02. The van der Waals surface area contributed by atoms with Crippen molar-refractivity contribution in [3.63, 3.8) is 0 Å². The summed E-state index contributed by atoms with van der Waals surface area (Å²) in [4.78, 5) is 36.9.